The Hall–Kier alpha value is -1.69. The van der Waals surface area contributed by atoms with Gasteiger partial charge in [0.05, 0.1) is 0 Å². The van der Waals surface area contributed by atoms with Gasteiger partial charge in [0.25, 0.3) is 0 Å². The summed E-state index contributed by atoms with van der Waals surface area (Å²) in [5.74, 6) is -0.907. The summed E-state index contributed by atoms with van der Waals surface area (Å²) >= 11 is 0. The number of amides is 2. The summed E-state index contributed by atoms with van der Waals surface area (Å²) in [7, 11) is 3.29. The summed E-state index contributed by atoms with van der Waals surface area (Å²) in [6.07, 6.45) is 0. The van der Waals surface area contributed by atoms with Crippen molar-refractivity contribution < 1.29 is 13.6 Å². The van der Waals surface area contributed by atoms with Crippen LogP contribution in [0.15, 0.2) is 18.2 Å². The summed E-state index contributed by atoms with van der Waals surface area (Å²) in [5, 5.41) is 5.58. The van der Waals surface area contributed by atoms with Gasteiger partial charge in [0.15, 0.2) is 0 Å². The Labute approximate surface area is 105 Å². The predicted molar refractivity (Wildman–Crippen MR) is 65.2 cm³/mol. The summed E-state index contributed by atoms with van der Waals surface area (Å²) < 4.78 is 26.1. The molecule has 1 rings (SSSR count). The molecule has 0 saturated heterocycles. The van der Waals surface area contributed by atoms with Gasteiger partial charge in [-0.2, -0.15) is 0 Å². The SMILES string of the molecule is CN(C)C(=O)NCCNCc1cc(F)ccc1F. The minimum absolute atomic E-state index is 0.186. The molecule has 18 heavy (non-hydrogen) atoms. The van der Waals surface area contributed by atoms with Crippen molar-refractivity contribution in [3.05, 3.63) is 35.4 Å². The highest BCUT2D eigenvalue weighted by atomic mass is 19.1. The Bertz CT molecular complexity index is 410. The maximum atomic E-state index is 13.2. The molecule has 0 spiro atoms. The second-order valence-corrected chi connectivity index (χ2v) is 4.04. The summed E-state index contributed by atoms with van der Waals surface area (Å²) in [5.41, 5.74) is 0.272. The van der Waals surface area contributed by atoms with Crippen LogP contribution < -0.4 is 10.6 Å². The van der Waals surface area contributed by atoms with Crippen molar-refractivity contribution in [2.75, 3.05) is 27.2 Å². The minimum atomic E-state index is -0.464. The van der Waals surface area contributed by atoms with E-state index in [1.54, 1.807) is 14.1 Å². The van der Waals surface area contributed by atoms with E-state index in [-0.39, 0.29) is 18.1 Å². The molecule has 2 amide bonds. The quantitative estimate of drug-likeness (QED) is 0.781. The van der Waals surface area contributed by atoms with E-state index in [1.165, 1.54) is 4.90 Å². The highest BCUT2D eigenvalue weighted by Crippen LogP contribution is 2.08. The molecule has 0 aromatic heterocycles. The van der Waals surface area contributed by atoms with Crippen LogP contribution in [0.3, 0.4) is 0 Å². The van der Waals surface area contributed by atoms with E-state index in [9.17, 15) is 13.6 Å². The van der Waals surface area contributed by atoms with Crippen molar-refractivity contribution in [3.8, 4) is 0 Å². The largest absolute Gasteiger partial charge is 0.337 e. The molecule has 100 valence electrons. The zero-order chi connectivity index (χ0) is 13.5. The van der Waals surface area contributed by atoms with Crippen LogP contribution >= 0.6 is 0 Å². The molecule has 0 heterocycles. The third-order valence-corrected chi connectivity index (χ3v) is 2.31. The number of hydrogen-bond donors (Lipinski definition) is 2. The molecule has 6 heteroatoms. The van der Waals surface area contributed by atoms with Gasteiger partial charge in [-0.3, -0.25) is 0 Å². The van der Waals surface area contributed by atoms with Gasteiger partial charge in [0.2, 0.25) is 0 Å². The van der Waals surface area contributed by atoms with Gasteiger partial charge < -0.3 is 15.5 Å². The first-order valence-corrected chi connectivity index (χ1v) is 5.60. The summed E-state index contributed by atoms with van der Waals surface area (Å²) in [6.45, 7) is 1.13. The normalized spacial score (nSPS) is 10.2. The first-order chi connectivity index (χ1) is 8.50. The number of nitrogens with one attached hydrogen (secondary N) is 2. The highest BCUT2D eigenvalue weighted by molar-refractivity contribution is 5.73. The fourth-order valence-corrected chi connectivity index (χ4v) is 1.32. The van der Waals surface area contributed by atoms with Crippen molar-refractivity contribution in [3.63, 3.8) is 0 Å². The van der Waals surface area contributed by atoms with Crippen LogP contribution in [0.25, 0.3) is 0 Å². The molecule has 1 aromatic carbocycles. The Morgan fingerprint density at radius 1 is 1.28 bits per heavy atom. The average Bonchev–Trinajstić information content (AvgIpc) is 2.32. The van der Waals surface area contributed by atoms with E-state index in [0.29, 0.717) is 13.1 Å². The lowest BCUT2D eigenvalue weighted by molar-refractivity contribution is 0.217. The fourth-order valence-electron chi connectivity index (χ4n) is 1.32. The smallest absolute Gasteiger partial charge is 0.316 e. The molecule has 0 bridgehead atoms. The Kier molecular flexibility index (Phi) is 5.51. The van der Waals surface area contributed by atoms with Gasteiger partial charge in [0.1, 0.15) is 11.6 Å². The van der Waals surface area contributed by atoms with Crippen LogP contribution in [0, 0.1) is 11.6 Å². The van der Waals surface area contributed by atoms with E-state index < -0.39 is 11.6 Å². The topological polar surface area (TPSA) is 44.4 Å². The van der Waals surface area contributed by atoms with E-state index >= 15 is 0 Å². The van der Waals surface area contributed by atoms with E-state index in [0.717, 1.165) is 18.2 Å². The molecule has 0 unspecified atom stereocenters. The Morgan fingerprint density at radius 3 is 2.67 bits per heavy atom. The molecule has 0 aliphatic heterocycles. The molecule has 4 nitrogen and oxygen atoms in total. The lowest BCUT2D eigenvalue weighted by atomic mass is 10.2. The van der Waals surface area contributed by atoms with E-state index in [4.69, 9.17) is 0 Å². The number of nitrogens with zero attached hydrogens (tertiary/aromatic N) is 1. The number of urea groups is 1. The standard InChI is InChI=1S/C12H17F2N3O/c1-17(2)12(18)16-6-5-15-8-9-7-10(13)3-4-11(9)14/h3-4,7,15H,5-6,8H2,1-2H3,(H,16,18). The van der Waals surface area contributed by atoms with E-state index in [2.05, 4.69) is 10.6 Å². The number of halogens is 2. The highest BCUT2D eigenvalue weighted by Gasteiger charge is 2.04. The minimum Gasteiger partial charge on any atom is -0.337 e. The second kappa shape index (κ2) is 6.90. The van der Waals surface area contributed by atoms with Crippen LogP contribution in [0.2, 0.25) is 0 Å². The monoisotopic (exact) mass is 257 g/mol. The van der Waals surface area contributed by atoms with Crippen molar-refractivity contribution in [2.45, 2.75) is 6.54 Å². The lowest BCUT2D eigenvalue weighted by Gasteiger charge is -2.12. The number of benzene rings is 1. The van der Waals surface area contributed by atoms with Crippen molar-refractivity contribution in [1.82, 2.24) is 15.5 Å². The number of carbonyl (C=O) groups excluding carboxylic acids is 1. The Morgan fingerprint density at radius 2 is 2.00 bits per heavy atom. The zero-order valence-electron chi connectivity index (χ0n) is 10.5. The van der Waals surface area contributed by atoms with Crippen molar-refractivity contribution in [1.29, 1.82) is 0 Å². The summed E-state index contributed by atoms with van der Waals surface area (Å²) in [4.78, 5) is 12.6. The van der Waals surface area contributed by atoms with Crippen molar-refractivity contribution in [2.24, 2.45) is 0 Å². The van der Waals surface area contributed by atoms with E-state index in [1.807, 2.05) is 0 Å². The number of rotatable bonds is 5. The molecular formula is C12H17F2N3O. The number of hydrogen-bond acceptors (Lipinski definition) is 2. The van der Waals surface area contributed by atoms with Crippen LogP contribution in [-0.2, 0) is 6.54 Å². The predicted octanol–water partition coefficient (Wildman–Crippen LogP) is 1.33. The van der Waals surface area contributed by atoms with Crippen molar-refractivity contribution >= 4 is 6.03 Å². The molecule has 0 aliphatic rings. The van der Waals surface area contributed by atoms with Gasteiger partial charge in [-0.15, -0.1) is 0 Å². The molecule has 1 aromatic rings. The van der Waals surface area contributed by atoms with Crippen LogP contribution in [0.5, 0.6) is 0 Å². The molecule has 2 N–H and O–H groups in total. The third-order valence-electron chi connectivity index (χ3n) is 2.31. The molecule has 0 fully saturated rings. The first-order valence-electron chi connectivity index (χ1n) is 5.60. The van der Waals surface area contributed by atoms with Gasteiger partial charge >= 0.3 is 6.03 Å². The van der Waals surface area contributed by atoms with Crippen LogP contribution in [-0.4, -0.2) is 38.1 Å². The lowest BCUT2D eigenvalue weighted by Crippen LogP contribution is -2.38. The molecular weight excluding hydrogens is 240 g/mol. The third kappa shape index (κ3) is 4.67. The fraction of sp³-hybridized carbons (Fsp3) is 0.417. The zero-order valence-corrected chi connectivity index (χ0v) is 10.5. The number of carbonyl (C=O) groups is 1. The molecule has 0 aliphatic carbocycles. The molecule has 0 atom stereocenters. The maximum absolute atomic E-state index is 13.2. The van der Waals surface area contributed by atoms with Gasteiger partial charge in [-0.1, -0.05) is 0 Å². The van der Waals surface area contributed by atoms with Gasteiger partial charge in [-0.25, -0.2) is 13.6 Å². The van der Waals surface area contributed by atoms with Gasteiger partial charge in [0, 0.05) is 39.3 Å². The van der Waals surface area contributed by atoms with Gasteiger partial charge in [-0.05, 0) is 18.2 Å². The molecule has 0 radical (unpaired) electrons. The average molecular weight is 257 g/mol. The molecule has 0 saturated carbocycles. The Balaban J connectivity index is 2.26. The second-order valence-electron chi connectivity index (χ2n) is 4.04. The first kappa shape index (κ1) is 14.4. The van der Waals surface area contributed by atoms with Crippen LogP contribution in [0.1, 0.15) is 5.56 Å². The summed E-state index contributed by atoms with van der Waals surface area (Å²) in [6, 6.07) is 3.14. The van der Waals surface area contributed by atoms with Crippen LogP contribution in [0.4, 0.5) is 13.6 Å². The maximum Gasteiger partial charge on any atom is 0.316 e.